The molecule has 0 rings (SSSR count). The molecule has 0 aliphatic heterocycles. The van der Waals surface area contributed by atoms with Crippen molar-refractivity contribution in [3.63, 3.8) is 0 Å². The van der Waals surface area contributed by atoms with Crippen LogP contribution in [-0.2, 0) is 0 Å². The second-order valence-electron chi connectivity index (χ2n) is 11.7. The molecule has 0 N–H and O–H groups in total. The van der Waals surface area contributed by atoms with E-state index in [9.17, 15) is 0 Å². The Morgan fingerprint density at radius 2 is 0.606 bits per heavy atom. The molecule has 0 aromatic rings. The van der Waals surface area contributed by atoms with E-state index in [4.69, 9.17) is 0 Å². The summed E-state index contributed by atoms with van der Waals surface area (Å²) in [7, 11) is 0. The van der Waals surface area contributed by atoms with Gasteiger partial charge in [0.2, 0.25) is 0 Å². The molecule has 3 heteroatoms. The molecule has 0 aromatic heterocycles. The molecule has 0 saturated heterocycles. The van der Waals surface area contributed by atoms with Crippen molar-refractivity contribution in [2.75, 3.05) is 15.7 Å². The van der Waals surface area contributed by atoms with Crippen LogP contribution in [0.5, 0.6) is 0 Å². The maximum atomic E-state index is 3.21. The van der Waals surface area contributed by atoms with Gasteiger partial charge >= 0.3 is 222 Å². The molecule has 0 aromatic carbocycles. The molecular weight excluding hydrogens is 612 g/mol. The monoisotopic (exact) mass is 681 g/mol. The third kappa shape index (κ3) is 16.1. The van der Waals surface area contributed by atoms with Crippen LogP contribution >= 0.6 is 0 Å². The molecule has 0 spiro atoms. The number of hydrogen-bond donors (Lipinski definition) is 0. The van der Waals surface area contributed by atoms with Crippen LogP contribution in [0.3, 0.4) is 0 Å². The van der Waals surface area contributed by atoms with E-state index in [1.165, 1.54) is 96.4 Å². The first kappa shape index (κ1) is 34.6. The van der Waals surface area contributed by atoms with Gasteiger partial charge in [0.25, 0.3) is 0 Å². The van der Waals surface area contributed by atoms with Crippen LogP contribution in [0.15, 0.2) is 0 Å². The minimum atomic E-state index is -2.13. The summed E-state index contributed by atoms with van der Waals surface area (Å²) >= 11 is -4.25. The van der Waals surface area contributed by atoms with Crippen molar-refractivity contribution in [2.45, 2.75) is 165 Å². The Labute approximate surface area is 220 Å². The van der Waals surface area contributed by atoms with Crippen LogP contribution in [0.1, 0.15) is 138 Å². The molecule has 0 radical (unpaired) electrons. The number of rotatable bonds is 25. The van der Waals surface area contributed by atoms with Gasteiger partial charge in [-0.1, -0.05) is 0 Å². The van der Waals surface area contributed by atoms with E-state index < -0.39 is 36.8 Å². The molecule has 200 valence electrons. The van der Waals surface area contributed by atoms with Crippen LogP contribution in [0, 0.1) is 0 Å². The van der Waals surface area contributed by atoms with Crippen molar-refractivity contribution >= 4 is 36.8 Å². The van der Waals surface area contributed by atoms with Gasteiger partial charge < -0.3 is 0 Å². The Bertz CT molecular complexity index is 335. The van der Waals surface area contributed by atoms with Gasteiger partial charge in [-0.2, -0.15) is 0 Å². The van der Waals surface area contributed by atoms with Gasteiger partial charge in [0, 0.05) is 0 Å². The van der Waals surface area contributed by atoms with Crippen molar-refractivity contribution in [3.8, 4) is 0 Å². The summed E-state index contributed by atoms with van der Waals surface area (Å²) in [5.41, 5.74) is 0. The normalized spacial score (nSPS) is 12.7. The molecule has 0 unspecified atom stereocenters. The van der Waals surface area contributed by atoms with Crippen LogP contribution < -0.4 is 0 Å². The zero-order chi connectivity index (χ0) is 24.8. The van der Waals surface area contributed by atoms with Crippen LogP contribution in [0.25, 0.3) is 0 Å². The van der Waals surface area contributed by atoms with Crippen molar-refractivity contribution in [1.82, 2.24) is 4.90 Å². The third-order valence-corrected chi connectivity index (χ3v) is 38.9. The molecule has 1 nitrogen and oxygen atoms in total. The van der Waals surface area contributed by atoms with Crippen molar-refractivity contribution < 1.29 is 0 Å². The molecular formula is C30H67NSn2. The summed E-state index contributed by atoms with van der Waals surface area (Å²) in [5.74, 6) is 0. The second-order valence-corrected chi connectivity index (χ2v) is 39.2. The Balaban J connectivity index is 5.92. The summed E-state index contributed by atoms with van der Waals surface area (Å²) in [6.45, 7) is 18.5. The van der Waals surface area contributed by atoms with E-state index in [-0.39, 0.29) is 0 Å². The van der Waals surface area contributed by atoms with Crippen LogP contribution in [0.2, 0.25) is 26.6 Å². The fourth-order valence-electron chi connectivity index (χ4n) is 6.08. The SMILES string of the molecule is CCCCN([CH2][Sn]([CH2]CCC)([CH2]CCC)[CH2]CCC)[CH2][Sn]([CH2]CCC)([CH2]CCC)[CH2]CCC. The maximum absolute atomic E-state index is 3.21. The van der Waals surface area contributed by atoms with E-state index in [1.807, 2.05) is 0 Å². The molecule has 0 amide bonds. The van der Waals surface area contributed by atoms with E-state index in [1.54, 1.807) is 35.7 Å². The number of unbranched alkanes of at least 4 members (excludes halogenated alkanes) is 7. The molecule has 33 heavy (non-hydrogen) atoms. The van der Waals surface area contributed by atoms with Crippen molar-refractivity contribution in [3.05, 3.63) is 0 Å². The molecule has 0 atom stereocenters. The van der Waals surface area contributed by atoms with Gasteiger partial charge in [0.15, 0.2) is 0 Å². The first-order valence-electron chi connectivity index (χ1n) is 15.7. The molecule has 0 aliphatic rings. The van der Waals surface area contributed by atoms with Gasteiger partial charge in [0.1, 0.15) is 0 Å². The predicted molar refractivity (Wildman–Crippen MR) is 161 cm³/mol. The Hall–Kier alpha value is 1.56. The van der Waals surface area contributed by atoms with E-state index in [2.05, 4.69) is 53.4 Å². The topological polar surface area (TPSA) is 3.24 Å². The van der Waals surface area contributed by atoms with Crippen molar-refractivity contribution in [1.29, 1.82) is 0 Å². The van der Waals surface area contributed by atoms with E-state index >= 15 is 0 Å². The quantitative estimate of drug-likeness (QED) is 0.0869. The van der Waals surface area contributed by atoms with Crippen LogP contribution in [-0.4, -0.2) is 57.3 Å². The zero-order valence-electron chi connectivity index (χ0n) is 24.7. The zero-order valence-corrected chi connectivity index (χ0v) is 30.4. The van der Waals surface area contributed by atoms with Gasteiger partial charge in [-0.15, -0.1) is 0 Å². The first-order chi connectivity index (χ1) is 16.0. The van der Waals surface area contributed by atoms with E-state index in [0.29, 0.717) is 0 Å². The molecule has 0 heterocycles. The summed E-state index contributed by atoms with van der Waals surface area (Å²) in [6, 6.07) is 0. The van der Waals surface area contributed by atoms with E-state index in [0.717, 1.165) is 0 Å². The van der Waals surface area contributed by atoms with Gasteiger partial charge in [-0.05, 0) is 0 Å². The summed E-state index contributed by atoms with van der Waals surface area (Å²) in [5, 5.41) is 0. The fourth-order valence-corrected chi connectivity index (χ4v) is 40.7. The Morgan fingerprint density at radius 3 is 0.818 bits per heavy atom. The second kappa shape index (κ2) is 22.7. The fraction of sp³-hybridized carbons (Fsp3) is 1.00. The molecule has 0 aliphatic carbocycles. The summed E-state index contributed by atoms with van der Waals surface area (Å²) in [6.07, 6.45) is 20.5. The molecule has 0 saturated carbocycles. The third-order valence-electron chi connectivity index (χ3n) is 8.31. The van der Waals surface area contributed by atoms with Gasteiger partial charge in [0.05, 0.1) is 0 Å². The van der Waals surface area contributed by atoms with Crippen molar-refractivity contribution in [2.24, 2.45) is 0 Å². The minimum absolute atomic E-state index is 1.37. The Kier molecular flexibility index (Phi) is 23.8. The number of hydrogen-bond acceptors (Lipinski definition) is 1. The standard InChI is InChI=1S/C6H13N.6C4H9.2Sn/c1-4-5-6-7(2)3;6*1-3-4-2;;/h2-6H2,1H3;6*1,3-4H2,2H3;;. The Morgan fingerprint density at radius 1 is 0.364 bits per heavy atom. The van der Waals surface area contributed by atoms with Gasteiger partial charge in [-0.3, -0.25) is 0 Å². The van der Waals surface area contributed by atoms with Gasteiger partial charge in [-0.25, -0.2) is 0 Å². The summed E-state index contributed by atoms with van der Waals surface area (Å²) < 4.78 is 13.4. The summed E-state index contributed by atoms with van der Waals surface area (Å²) in [4.78, 5) is 3.21. The average Bonchev–Trinajstić information content (AvgIpc) is 2.84. The first-order valence-corrected chi connectivity index (χ1v) is 31.9. The predicted octanol–water partition coefficient (Wildman–Crippen LogP) is 10.9. The van der Waals surface area contributed by atoms with Crippen LogP contribution in [0.4, 0.5) is 0 Å². The molecule has 0 bridgehead atoms. The number of nitrogens with zero attached hydrogens (tertiary/aromatic N) is 1. The molecule has 0 fully saturated rings. The average molecular weight is 679 g/mol.